The van der Waals surface area contributed by atoms with Crippen molar-refractivity contribution >= 4 is 29.3 Å². The molecule has 0 aromatic heterocycles. The van der Waals surface area contributed by atoms with E-state index in [4.69, 9.17) is 5.84 Å². The van der Waals surface area contributed by atoms with Crippen molar-refractivity contribution in [1.29, 1.82) is 0 Å². The number of hydrazine groups is 1. The number of hydrogen-bond acceptors (Lipinski definition) is 5. The number of aryl methyl sites for hydroxylation is 1. The minimum Gasteiger partial charge on any atom is -0.332 e. The predicted octanol–water partition coefficient (Wildman–Crippen LogP) is 5.06. The van der Waals surface area contributed by atoms with Crippen LogP contribution < -0.4 is 21.9 Å². The number of likely N-dealkylation sites (tertiary alicyclic amines) is 1. The SMILES string of the molecule is NNc1ccc2c(c1)CN(Cc1ccc(C(F)(F)F)cc1)C(=O)[C@H](NC(=O)N1CCC(N3Cc4ccccc4NC3=O)CC1)CC2. The molecule has 0 bridgehead atoms. The second kappa shape index (κ2) is 12.9. The van der Waals surface area contributed by atoms with Gasteiger partial charge in [0.2, 0.25) is 5.91 Å². The fourth-order valence-corrected chi connectivity index (χ4v) is 6.46. The zero-order chi connectivity index (χ0) is 32.4. The first kappa shape index (κ1) is 31.2. The molecule has 1 fully saturated rings. The van der Waals surface area contributed by atoms with Gasteiger partial charge in [0, 0.05) is 50.1 Å². The molecule has 1 atom stereocenters. The summed E-state index contributed by atoms with van der Waals surface area (Å²) in [7, 11) is 0. The second-order valence-electron chi connectivity index (χ2n) is 12.0. The monoisotopic (exact) mass is 635 g/mol. The van der Waals surface area contributed by atoms with E-state index in [9.17, 15) is 27.6 Å². The number of nitrogen functional groups attached to an aromatic ring is 1. The number of para-hydroxylation sites is 1. The van der Waals surface area contributed by atoms with E-state index in [0.717, 1.165) is 34.5 Å². The summed E-state index contributed by atoms with van der Waals surface area (Å²) in [5.74, 6) is 5.30. The summed E-state index contributed by atoms with van der Waals surface area (Å²) in [6.45, 7) is 1.62. The van der Waals surface area contributed by atoms with Gasteiger partial charge in [-0.2, -0.15) is 13.2 Å². The number of alkyl halides is 3. The van der Waals surface area contributed by atoms with E-state index >= 15 is 0 Å². The summed E-state index contributed by atoms with van der Waals surface area (Å²) in [4.78, 5) is 45.2. The molecule has 0 unspecified atom stereocenters. The molecule has 3 aromatic rings. The standard InChI is InChI=1S/C33H36F3N7O3/c34-33(35,36)25-9-5-21(6-10-25)18-42-19-24-17-26(40-37)11-7-22(24)8-12-29(30(42)44)39-31(45)41-15-13-27(14-16-41)43-20-23-3-1-2-4-28(23)38-32(43)46/h1-7,9-11,17,27,29,40H,8,12-16,18-20,37H2,(H,38,46)(H,39,45)/t29-/m1/s1. The van der Waals surface area contributed by atoms with Crippen LogP contribution in [0.25, 0.3) is 0 Å². The van der Waals surface area contributed by atoms with E-state index in [0.29, 0.717) is 56.6 Å². The summed E-state index contributed by atoms with van der Waals surface area (Å²) in [5, 5.41) is 5.89. The minimum atomic E-state index is -4.46. The van der Waals surface area contributed by atoms with Crippen LogP contribution in [0.5, 0.6) is 0 Å². The third-order valence-electron chi connectivity index (χ3n) is 9.05. The zero-order valence-electron chi connectivity index (χ0n) is 25.1. The highest BCUT2D eigenvalue weighted by molar-refractivity contribution is 5.92. The zero-order valence-corrected chi connectivity index (χ0v) is 25.1. The van der Waals surface area contributed by atoms with E-state index in [1.807, 2.05) is 47.4 Å². The van der Waals surface area contributed by atoms with Gasteiger partial charge in [-0.15, -0.1) is 0 Å². The van der Waals surface area contributed by atoms with Crippen molar-refractivity contribution in [3.63, 3.8) is 0 Å². The van der Waals surface area contributed by atoms with Crippen molar-refractivity contribution in [2.45, 2.75) is 63.6 Å². The van der Waals surface area contributed by atoms with Crippen molar-refractivity contribution in [2.24, 2.45) is 5.84 Å². The fourth-order valence-electron chi connectivity index (χ4n) is 6.46. The molecule has 0 saturated carbocycles. The maximum atomic E-state index is 13.9. The summed E-state index contributed by atoms with van der Waals surface area (Å²) in [5.41, 5.74) is 6.77. The van der Waals surface area contributed by atoms with Gasteiger partial charge in [0.1, 0.15) is 6.04 Å². The number of halogens is 3. The maximum absolute atomic E-state index is 13.9. The number of anilines is 2. The van der Waals surface area contributed by atoms with Crippen LogP contribution in [0.2, 0.25) is 0 Å². The lowest BCUT2D eigenvalue weighted by atomic mass is 9.95. The van der Waals surface area contributed by atoms with E-state index in [1.54, 1.807) is 9.80 Å². The Morgan fingerprint density at radius 2 is 1.65 bits per heavy atom. The highest BCUT2D eigenvalue weighted by atomic mass is 19.4. The topological polar surface area (TPSA) is 123 Å². The van der Waals surface area contributed by atoms with Gasteiger partial charge in [-0.05, 0) is 78.3 Å². The lowest BCUT2D eigenvalue weighted by Gasteiger charge is -2.41. The fraction of sp³-hybridized carbons (Fsp3) is 0.364. The van der Waals surface area contributed by atoms with Gasteiger partial charge >= 0.3 is 18.2 Å². The highest BCUT2D eigenvalue weighted by Crippen LogP contribution is 2.31. The Labute approximate surface area is 264 Å². The van der Waals surface area contributed by atoms with Crippen LogP contribution >= 0.6 is 0 Å². The molecule has 5 N–H and O–H groups in total. The number of amides is 5. The summed E-state index contributed by atoms with van der Waals surface area (Å²) >= 11 is 0. The quantitative estimate of drug-likeness (QED) is 0.231. The lowest BCUT2D eigenvalue weighted by molar-refractivity contribution is -0.138. The van der Waals surface area contributed by atoms with Gasteiger partial charge in [0.15, 0.2) is 0 Å². The first-order valence-electron chi connectivity index (χ1n) is 15.3. The van der Waals surface area contributed by atoms with Gasteiger partial charge in [-0.3, -0.25) is 10.6 Å². The van der Waals surface area contributed by atoms with Crippen molar-refractivity contribution in [3.05, 3.63) is 94.5 Å². The first-order valence-corrected chi connectivity index (χ1v) is 15.3. The summed E-state index contributed by atoms with van der Waals surface area (Å²) in [6.07, 6.45) is -2.37. The largest absolute Gasteiger partial charge is 0.416 e. The Balaban J connectivity index is 1.14. The second-order valence-corrected chi connectivity index (χ2v) is 12.0. The normalized spacial score (nSPS) is 19.0. The van der Waals surface area contributed by atoms with E-state index in [1.165, 1.54) is 12.1 Å². The number of carbonyl (C=O) groups is 3. The van der Waals surface area contributed by atoms with Crippen LogP contribution in [0.15, 0.2) is 66.7 Å². The lowest BCUT2D eigenvalue weighted by Crippen LogP contribution is -2.56. The Morgan fingerprint density at radius 3 is 2.37 bits per heavy atom. The van der Waals surface area contributed by atoms with Gasteiger partial charge in [-0.1, -0.05) is 36.4 Å². The number of urea groups is 2. The predicted molar refractivity (Wildman–Crippen MR) is 166 cm³/mol. The van der Waals surface area contributed by atoms with Crippen LogP contribution in [0.4, 0.5) is 34.1 Å². The molecule has 3 aliphatic rings. The van der Waals surface area contributed by atoms with Crippen LogP contribution in [0.3, 0.4) is 0 Å². The molecule has 0 spiro atoms. The average Bonchev–Trinajstić information content (AvgIpc) is 3.05. The average molecular weight is 636 g/mol. The summed E-state index contributed by atoms with van der Waals surface area (Å²) < 4.78 is 39.4. The third kappa shape index (κ3) is 6.74. The number of fused-ring (bicyclic) bond motifs is 2. The number of nitrogens with zero attached hydrogens (tertiary/aromatic N) is 3. The van der Waals surface area contributed by atoms with E-state index < -0.39 is 17.8 Å². The van der Waals surface area contributed by atoms with Crippen LogP contribution in [-0.4, -0.2) is 57.8 Å². The first-order chi connectivity index (χ1) is 22.1. The molecule has 242 valence electrons. The number of piperidine rings is 1. The molecular weight excluding hydrogens is 599 g/mol. The van der Waals surface area contributed by atoms with Gasteiger partial charge in [-0.25, -0.2) is 9.59 Å². The molecule has 1 saturated heterocycles. The Hall–Kier alpha value is -4.78. The van der Waals surface area contributed by atoms with Crippen molar-refractivity contribution in [1.82, 2.24) is 20.0 Å². The molecule has 10 nitrogen and oxygen atoms in total. The maximum Gasteiger partial charge on any atom is 0.416 e. The number of rotatable bonds is 5. The molecule has 0 radical (unpaired) electrons. The minimum absolute atomic E-state index is 0.0240. The number of benzene rings is 3. The van der Waals surface area contributed by atoms with Crippen LogP contribution in [0.1, 0.15) is 47.1 Å². The Morgan fingerprint density at radius 1 is 0.913 bits per heavy atom. The van der Waals surface area contributed by atoms with Crippen molar-refractivity contribution in [3.8, 4) is 0 Å². The molecule has 3 aromatic carbocycles. The van der Waals surface area contributed by atoms with Crippen LogP contribution in [0, 0.1) is 0 Å². The van der Waals surface area contributed by atoms with Crippen molar-refractivity contribution in [2.75, 3.05) is 23.8 Å². The van der Waals surface area contributed by atoms with E-state index in [2.05, 4.69) is 16.1 Å². The smallest absolute Gasteiger partial charge is 0.332 e. The van der Waals surface area contributed by atoms with E-state index in [-0.39, 0.29) is 37.1 Å². The molecule has 5 amide bonds. The Bertz CT molecular complexity index is 1610. The summed E-state index contributed by atoms with van der Waals surface area (Å²) in [6, 6.07) is 16.7. The molecule has 0 aliphatic carbocycles. The molecule has 3 aliphatic heterocycles. The molecule has 13 heteroatoms. The van der Waals surface area contributed by atoms with Gasteiger partial charge in [0.25, 0.3) is 0 Å². The van der Waals surface area contributed by atoms with Gasteiger partial charge in [0.05, 0.1) is 5.56 Å². The van der Waals surface area contributed by atoms with Gasteiger partial charge < -0.3 is 30.8 Å². The van der Waals surface area contributed by atoms with Crippen LogP contribution in [-0.2, 0) is 37.0 Å². The number of carbonyl (C=O) groups excluding carboxylic acids is 3. The Kier molecular flexibility index (Phi) is 8.76. The number of nitrogens with two attached hydrogens (primary N) is 1. The third-order valence-corrected chi connectivity index (χ3v) is 9.05. The van der Waals surface area contributed by atoms with Crippen molar-refractivity contribution < 1.29 is 27.6 Å². The number of hydrogen-bond donors (Lipinski definition) is 4. The highest BCUT2D eigenvalue weighted by Gasteiger charge is 2.35. The number of nitrogens with one attached hydrogen (secondary N) is 3. The molecule has 3 heterocycles. The molecule has 6 rings (SSSR count). The molecular formula is C33H36F3N7O3. The molecule has 46 heavy (non-hydrogen) atoms.